The predicted octanol–water partition coefficient (Wildman–Crippen LogP) is 10.3. The number of aliphatic hydroxyl groups excluding tert-OH is 1. The average molecular weight is 1100 g/mol. The van der Waals surface area contributed by atoms with Crippen LogP contribution in [0.5, 0.6) is 5.75 Å². The highest BCUT2D eigenvalue weighted by atomic mass is 32.1. The van der Waals surface area contributed by atoms with E-state index in [1.165, 1.54) is 16.2 Å². The Labute approximate surface area is 467 Å². The molecule has 1 saturated heterocycles. The van der Waals surface area contributed by atoms with Gasteiger partial charge in [0, 0.05) is 43.6 Å². The molecular weight excluding hydrogens is 1040 g/mol. The molecule has 5 N–H and O–H groups in total. The lowest BCUT2D eigenvalue weighted by atomic mass is 9.83. The molecule has 0 spiro atoms. The minimum absolute atomic E-state index is 0.0141. The van der Waals surface area contributed by atoms with E-state index in [0.717, 1.165) is 61.4 Å². The van der Waals surface area contributed by atoms with Crippen LogP contribution in [0.1, 0.15) is 121 Å². The van der Waals surface area contributed by atoms with Crippen molar-refractivity contribution >= 4 is 73.4 Å². The molecule has 5 heterocycles. The molecule has 4 amide bonds. The summed E-state index contributed by atoms with van der Waals surface area (Å²) in [6.45, 7) is 12.4. The van der Waals surface area contributed by atoms with E-state index in [1.807, 2.05) is 137 Å². The highest BCUT2D eigenvalue weighted by Crippen LogP contribution is 2.38. The number of likely N-dealkylation sites (tertiary alicyclic amines) is 1. The second-order valence-electron chi connectivity index (χ2n) is 22.2. The Kier molecular flexibility index (Phi) is 16.0. The molecule has 410 valence electrons. The lowest BCUT2D eigenvalue weighted by Crippen LogP contribution is -2.58. The number of carboxylic acids is 1. The Morgan fingerprint density at radius 3 is 2.34 bits per heavy atom. The molecule has 3 aliphatic rings. The summed E-state index contributed by atoms with van der Waals surface area (Å²) < 4.78 is 7.61. The number of thiazole rings is 2. The maximum absolute atomic E-state index is 14.4. The number of carboxylic acid groups (broad SMARTS) is 1. The number of carbonyl (C=O) groups excluding carboxylic acids is 4. The lowest BCUT2D eigenvalue weighted by Gasteiger charge is -2.36. The van der Waals surface area contributed by atoms with Crippen LogP contribution >= 0.6 is 22.7 Å². The number of pyridine rings is 1. The number of aliphatic hydroxyl groups is 1. The number of amides is 4. The zero-order valence-corrected chi connectivity index (χ0v) is 46.9. The van der Waals surface area contributed by atoms with Gasteiger partial charge in [-0.2, -0.15) is 0 Å². The molecular formula is C61H66N8O8S2. The number of aromatic carboxylic acids is 1. The number of rotatable bonds is 15. The van der Waals surface area contributed by atoms with Crippen molar-refractivity contribution in [1.82, 2.24) is 30.5 Å². The SMILES string of the molecule is Cc1ncsc1-c1ccc(C(C)NC(=O)C2CC(O)CN2C(=O)C(NC(=O)CC2CCC(Oc3cccc(-c4ccc(N5CCc6cccc(C(=O)Nc7nc8ccccc8s7)c6C5)nc4C(=O)O)c3C)CC2)C(C)(C)C)cc1. The number of ether oxygens (including phenoxy) is 1. The number of hydrogen-bond acceptors (Lipinski definition) is 13. The number of nitrogens with zero attached hydrogens (tertiary/aromatic N) is 5. The van der Waals surface area contributed by atoms with Crippen LogP contribution in [0, 0.1) is 25.2 Å². The summed E-state index contributed by atoms with van der Waals surface area (Å²) >= 11 is 2.99. The Balaban J connectivity index is 0.741. The molecule has 4 atom stereocenters. The van der Waals surface area contributed by atoms with Gasteiger partial charge in [0.1, 0.15) is 23.7 Å². The van der Waals surface area contributed by atoms with Gasteiger partial charge in [-0.1, -0.05) is 92.8 Å². The number of aromatic nitrogens is 3. The third-order valence-electron chi connectivity index (χ3n) is 15.6. The number of fused-ring (bicyclic) bond motifs is 2. The number of anilines is 2. The van der Waals surface area contributed by atoms with Crippen LogP contribution in [0.2, 0.25) is 0 Å². The second-order valence-corrected chi connectivity index (χ2v) is 24.1. The summed E-state index contributed by atoms with van der Waals surface area (Å²) in [6.07, 6.45) is 2.79. The van der Waals surface area contributed by atoms with Crippen molar-refractivity contribution in [3.05, 3.63) is 142 Å². The number of aryl methyl sites for hydroxylation is 1. The summed E-state index contributed by atoms with van der Waals surface area (Å²) in [5, 5.41) is 31.0. The monoisotopic (exact) mass is 1100 g/mol. The van der Waals surface area contributed by atoms with E-state index >= 15 is 0 Å². The van der Waals surface area contributed by atoms with Gasteiger partial charge in [-0.3, -0.25) is 24.5 Å². The second kappa shape index (κ2) is 23.0. The highest BCUT2D eigenvalue weighted by Gasteiger charge is 2.45. The molecule has 1 saturated carbocycles. The molecule has 7 aromatic rings. The fourth-order valence-corrected chi connectivity index (χ4v) is 12.9. The quantitative estimate of drug-likeness (QED) is 0.0648. The smallest absolute Gasteiger partial charge is 0.355 e. The zero-order valence-electron chi connectivity index (χ0n) is 45.2. The van der Waals surface area contributed by atoms with Crippen molar-refractivity contribution in [3.63, 3.8) is 0 Å². The predicted molar refractivity (Wildman–Crippen MR) is 307 cm³/mol. The molecule has 1 aliphatic carbocycles. The van der Waals surface area contributed by atoms with E-state index in [2.05, 4.69) is 25.9 Å². The summed E-state index contributed by atoms with van der Waals surface area (Å²) in [5.74, 6) is -1.25. The van der Waals surface area contributed by atoms with Gasteiger partial charge in [-0.25, -0.2) is 19.7 Å². The Bertz CT molecular complexity index is 3400. The number of nitrogens with one attached hydrogen (secondary N) is 3. The van der Waals surface area contributed by atoms with E-state index in [1.54, 1.807) is 23.5 Å². The molecule has 10 rings (SSSR count). The van der Waals surface area contributed by atoms with Gasteiger partial charge < -0.3 is 35.4 Å². The van der Waals surface area contributed by atoms with E-state index in [0.29, 0.717) is 65.7 Å². The molecule has 4 aromatic carbocycles. The fourth-order valence-electron chi connectivity index (χ4n) is 11.2. The van der Waals surface area contributed by atoms with E-state index in [4.69, 9.17) is 9.72 Å². The van der Waals surface area contributed by atoms with Gasteiger partial charge in [0.2, 0.25) is 17.7 Å². The molecule has 0 radical (unpaired) electrons. The molecule has 2 fully saturated rings. The van der Waals surface area contributed by atoms with E-state index < -0.39 is 35.5 Å². The van der Waals surface area contributed by atoms with Crippen LogP contribution in [-0.4, -0.2) is 97.0 Å². The van der Waals surface area contributed by atoms with Crippen molar-refractivity contribution in [2.45, 2.75) is 123 Å². The molecule has 18 heteroatoms. The van der Waals surface area contributed by atoms with E-state index in [-0.39, 0.29) is 60.9 Å². The first kappa shape index (κ1) is 54.8. The number of carbonyl (C=O) groups is 5. The van der Waals surface area contributed by atoms with Gasteiger partial charge in [0.25, 0.3) is 5.91 Å². The van der Waals surface area contributed by atoms with Crippen LogP contribution in [-0.2, 0) is 27.3 Å². The summed E-state index contributed by atoms with van der Waals surface area (Å²) in [6, 6.07) is 28.4. The molecule has 79 heavy (non-hydrogen) atoms. The van der Waals surface area contributed by atoms with Crippen LogP contribution in [0.25, 0.3) is 31.8 Å². The van der Waals surface area contributed by atoms with Crippen LogP contribution < -0.4 is 25.6 Å². The third kappa shape index (κ3) is 12.1. The highest BCUT2D eigenvalue weighted by molar-refractivity contribution is 7.22. The number of benzene rings is 4. The van der Waals surface area contributed by atoms with Crippen LogP contribution in [0.4, 0.5) is 10.9 Å². The Morgan fingerprint density at radius 2 is 1.62 bits per heavy atom. The molecule has 16 nitrogen and oxygen atoms in total. The number of hydrogen-bond donors (Lipinski definition) is 5. The summed E-state index contributed by atoms with van der Waals surface area (Å²) in [5.41, 5.74) is 9.13. The van der Waals surface area contributed by atoms with Crippen molar-refractivity contribution in [3.8, 4) is 27.3 Å². The van der Waals surface area contributed by atoms with E-state index in [9.17, 15) is 34.2 Å². The minimum Gasteiger partial charge on any atom is -0.490 e. The standard InChI is InChI=1S/C61H66N8O8S2/c1-34-43(44-25-26-51(65-53(44)59(75)76)68-28-27-39-11-9-13-45(46(39)32-68)56(72)67-60-64-47-14-7-8-16-50(47)79-60)12-10-15-49(34)77-42-23-17-37(18-24-42)29-52(71)66-55(61(4,5)6)58(74)69-31-41(70)30-48(69)57(73)63-35(2)38-19-21-40(22-20-38)54-36(3)62-33-78-54/h7-16,19-22,25-26,33,35,37,41-42,48,55,70H,17-18,23-24,27-32H2,1-6H3,(H,63,73)(H,66,71)(H,75,76)(H,64,67,72). The third-order valence-corrected chi connectivity index (χ3v) is 17.6. The molecule has 3 aromatic heterocycles. The maximum Gasteiger partial charge on any atom is 0.355 e. The van der Waals surface area contributed by atoms with Crippen LogP contribution in [0.3, 0.4) is 0 Å². The molecule has 4 unspecified atom stereocenters. The largest absolute Gasteiger partial charge is 0.490 e. The van der Waals surface area contributed by atoms with Crippen molar-refractivity contribution in [1.29, 1.82) is 0 Å². The van der Waals surface area contributed by atoms with Crippen molar-refractivity contribution in [2.75, 3.05) is 23.3 Å². The maximum atomic E-state index is 14.4. The zero-order chi connectivity index (χ0) is 55.7. The summed E-state index contributed by atoms with van der Waals surface area (Å²) in [4.78, 5) is 86.9. The van der Waals surface area contributed by atoms with Gasteiger partial charge in [-0.05, 0) is 134 Å². The van der Waals surface area contributed by atoms with Crippen molar-refractivity contribution in [2.24, 2.45) is 11.3 Å². The number of para-hydroxylation sites is 1. The average Bonchev–Trinajstić information content (AvgIpc) is 4.19. The minimum atomic E-state index is -1.16. The molecule has 2 aliphatic heterocycles. The summed E-state index contributed by atoms with van der Waals surface area (Å²) in [7, 11) is 0. The topological polar surface area (TPSA) is 216 Å². The Morgan fingerprint density at radius 1 is 0.861 bits per heavy atom. The lowest BCUT2D eigenvalue weighted by molar-refractivity contribution is -0.144. The first-order chi connectivity index (χ1) is 37.9. The fraction of sp³-hybridized carbons (Fsp3) is 0.377. The first-order valence-electron chi connectivity index (χ1n) is 27.0. The van der Waals surface area contributed by atoms with Crippen LogP contribution in [0.15, 0.2) is 103 Å². The van der Waals surface area contributed by atoms with Gasteiger partial charge in [-0.15, -0.1) is 11.3 Å². The van der Waals surface area contributed by atoms with Gasteiger partial charge in [0.15, 0.2) is 10.8 Å². The molecule has 0 bridgehead atoms. The first-order valence-corrected chi connectivity index (χ1v) is 28.7. The normalized spacial score (nSPS) is 19.1. The van der Waals surface area contributed by atoms with Gasteiger partial charge >= 0.3 is 5.97 Å². The Hall–Kier alpha value is -7.54. The number of β-amino-alcohol motifs (C(OH)–C–C–N with tert-alkyl or cyclic N) is 1. The van der Waals surface area contributed by atoms with Crippen molar-refractivity contribution < 1.29 is 38.9 Å². The van der Waals surface area contributed by atoms with Gasteiger partial charge in [0.05, 0.1) is 44.5 Å².